The van der Waals surface area contributed by atoms with Gasteiger partial charge in [0.15, 0.2) is 5.03 Å². The predicted octanol–water partition coefficient (Wildman–Crippen LogP) is -0.501. The van der Waals surface area contributed by atoms with E-state index >= 15 is 0 Å². The highest BCUT2D eigenvalue weighted by Gasteiger charge is 2.27. The van der Waals surface area contributed by atoms with Crippen LogP contribution in [-0.4, -0.2) is 46.2 Å². The van der Waals surface area contributed by atoms with Crippen molar-refractivity contribution in [2.24, 2.45) is 0 Å². The minimum absolute atomic E-state index is 0.305. The third kappa shape index (κ3) is 4.31. The molecule has 1 atom stereocenters. The number of hydrogen-bond donors (Lipinski definition) is 3. The molecule has 0 aromatic carbocycles. The van der Waals surface area contributed by atoms with Gasteiger partial charge in [0.1, 0.15) is 6.04 Å². The second-order valence-electron chi connectivity index (χ2n) is 3.99. The van der Waals surface area contributed by atoms with Crippen LogP contribution in [0, 0.1) is 0 Å². The van der Waals surface area contributed by atoms with Gasteiger partial charge < -0.3 is 14.8 Å². The smallest absolute Gasteiger partial charge is 0.321 e. The van der Waals surface area contributed by atoms with Gasteiger partial charge >= 0.3 is 11.9 Å². The van der Waals surface area contributed by atoms with Crippen LogP contribution in [0.25, 0.3) is 0 Å². The van der Waals surface area contributed by atoms with Crippen molar-refractivity contribution in [3.05, 3.63) is 12.5 Å². The predicted molar refractivity (Wildman–Crippen MR) is 66.5 cm³/mol. The number of rotatable bonds is 8. The number of carboxylic acid groups (broad SMARTS) is 2. The van der Waals surface area contributed by atoms with Crippen LogP contribution in [0.15, 0.2) is 17.6 Å². The standard InChI is InChI=1S/C10H15N3O6S/c1-2-13-5-8(11-6-13)20(18,19)12-7(10(16)17)3-4-9(14)15/h5-7,12H,2-4H2,1H3,(H,14,15)(H,16,17). The maximum Gasteiger partial charge on any atom is 0.321 e. The molecule has 9 nitrogen and oxygen atoms in total. The Balaban J connectivity index is 2.85. The Morgan fingerprint density at radius 1 is 1.45 bits per heavy atom. The normalized spacial score (nSPS) is 13.1. The van der Waals surface area contributed by atoms with E-state index in [0.717, 1.165) is 0 Å². The number of aryl methyl sites for hydroxylation is 1. The summed E-state index contributed by atoms with van der Waals surface area (Å²) in [5, 5.41) is 17.1. The minimum Gasteiger partial charge on any atom is -0.481 e. The van der Waals surface area contributed by atoms with Gasteiger partial charge in [-0.15, -0.1) is 0 Å². The molecule has 0 spiro atoms. The van der Waals surface area contributed by atoms with Crippen LogP contribution in [0.1, 0.15) is 19.8 Å². The maximum absolute atomic E-state index is 11.9. The molecular formula is C10H15N3O6S. The molecule has 1 rings (SSSR count). The monoisotopic (exact) mass is 305 g/mol. The number of carboxylic acids is 2. The van der Waals surface area contributed by atoms with Crippen LogP contribution in [0.2, 0.25) is 0 Å². The summed E-state index contributed by atoms with van der Waals surface area (Å²) in [6, 6.07) is -1.51. The van der Waals surface area contributed by atoms with E-state index in [1.54, 1.807) is 6.92 Å². The largest absolute Gasteiger partial charge is 0.481 e. The minimum atomic E-state index is -4.10. The van der Waals surface area contributed by atoms with Crippen LogP contribution >= 0.6 is 0 Å². The highest BCUT2D eigenvalue weighted by atomic mass is 32.2. The molecule has 112 valence electrons. The Labute approximate surface area is 115 Å². The molecule has 1 heterocycles. The van der Waals surface area contributed by atoms with E-state index in [-0.39, 0.29) is 11.4 Å². The lowest BCUT2D eigenvalue weighted by Gasteiger charge is -2.12. The van der Waals surface area contributed by atoms with Gasteiger partial charge in [0.2, 0.25) is 0 Å². The van der Waals surface area contributed by atoms with Gasteiger partial charge in [0, 0.05) is 19.2 Å². The topological polar surface area (TPSA) is 139 Å². The number of imidazole rings is 1. The van der Waals surface area contributed by atoms with Gasteiger partial charge in [-0.05, 0) is 13.3 Å². The van der Waals surface area contributed by atoms with Crippen molar-refractivity contribution in [3.8, 4) is 0 Å². The summed E-state index contributed by atoms with van der Waals surface area (Å²) in [5.74, 6) is -2.64. The first-order valence-electron chi connectivity index (χ1n) is 5.75. The van der Waals surface area contributed by atoms with E-state index < -0.39 is 34.4 Å². The van der Waals surface area contributed by atoms with Crippen LogP contribution in [-0.2, 0) is 26.2 Å². The molecule has 0 fully saturated rings. The third-order valence-corrected chi connectivity index (χ3v) is 3.85. The van der Waals surface area contributed by atoms with Crippen molar-refractivity contribution in [1.82, 2.24) is 14.3 Å². The first-order chi connectivity index (χ1) is 9.26. The van der Waals surface area contributed by atoms with E-state index in [1.165, 1.54) is 17.1 Å². The molecule has 1 unspecified atom stereocenters. The Morgan fingerprint density at radius 2 is 2.10 bits per heavy atom. The molecule has 1 aromatic heterocycles. The molecule has 1 aromatic rings. The van der Waals surface area contributed by atoms with Crippen LogP contribution < -0.4 is 4.72 Å². The molecule has 0 amide bonds. The number of nitrogens with one attached hydrogen (secondary N) is 1. The zero-order valence-electron chi connectivity index (χ0n) is 10.7. The van der Waals surface area contributed by atoms with Crippen molar-refractivity contribution in [3.63, 3.8) is 0 Å². The van der Waals surface area contributed by atoms with Gasteiger partial charge in [0.25, 0.3) is 10.0 Å². The van der Waals surface area contributed by atoms with Crippen LogP contribution in [0.4, 0.5) is 0 Å². The summed E-state index contributed by atoms with van der Waals surface area (Å²) < 4.78 is 27.3. The van der Waals surface area contributed by atoms with E-state index in [9.17, 15) is 18.0 Å². The quantitative estimate of drug-likeness (QED) is 0.588. The molecule has 0 aliphatic heterocycles. The molecule has 0 aliphatic rings. The second kappa shape index (κ2) is 6.48. The first-order valence-corrected chi connectivity index (χ1v) is 7.23. The Morgan fingerprint density at radius 3 is 2.55 bits per heavy atom. The molecule has 0 aliphatic carbocycles. The van der Waals surface area contributed by atoms with Crippen LogP contribution in [0.3, 0.4) is 0 Å². The third-order valence-electron chi connectivity index (χ3n) is 2.49. The van der Waals surface area contributed by atoms with Crippen molar-refractivity contribution >= 4 is 22.0 Å². The van der Waals surface area contributed by atoms with E-state index in [1.807, 2.05) is 4.72 Å². The number of hydrogen-bond acceptors (Lipinski definition) is 5. The summed E-state index contributed by atoms with van der Waals surface area (Å²) in [6.45, 7) is 2.31. The fraction of sp³-hybridized carbons (Fsp3) is 0.500. The highest BCUT2D eigenvalue weighted by molar-refractivity contribution is 7.89. The number of carbonyl (C=O) groups is 2. The number of aliphatic carboxylic acids is 2. The average Bonchev–Trinajstić information content (AvgIpc) is 2.83. The van der Waals surface area contributed by atoms with Gasteiger partial charge in [-0.25, -0.2) is 13.4 Å². The van der Waals surface area contributed by atoms with Gasteiger partial charge in [0.05, 0.1) is 6.33 Å². The molecule has 0 saturated carbocycles. The lowest BCUT2D eigenvalue weighted by molar-refractivity contribution is -0.140. The fourth-order valence-electron chi connectivity index (χ4n) is 1.40. The summed E-state index contributed by atoms with van der Waals surface area (Å²) in [5.41, 5.74) is 0. The Kier molecular flexibility index (Phi) is 5.22. The molecular weight excluding hydrogens is 290 g/mol. The summed E-state index contributed by atoms with van der Waals surface area (Å²) in [4.78, 5) is 25.0. The van der Waals surface area contributed by atoms with Gasteiger partial charge in [-0.1, -0.05) is 0 Å². The van der Waals surface area contributed by atoms with Crippen LogP contribution in [0.5, 0.6) is 0 Å². The molecule has 10 heteroatoms. The average molecular weight is 305 g/mol. The van der Waals surface area contributed by atoms with Crippen molar-refractivity contribution in [1.29, 1.82) is 0 Å². The maximum atomic E-state index is 11.9. The number of aromatic nitrogens is 2. The zero-order valence-corrected chi connectivity index (χ0v) is 11.5. The highest BCUT2D eigenvalue weighted by Crippen LogP contribution is 2.08. The second-order valence-corrected chi connectivity index (χ2v) is 5.65. The molecule has 20 heavy (non-hydrogen) atoms. The first kappa shape index (κ1) is 16.1. The molecule has 0 radical (unpaired) electrons. The van der Waals surface area contributed by atoms with Gasteiger partial charge in [-0.3, -0.25) is 9.59 Å². The summed E-state index contributed by atoms with van der Waals surface area (Å²) >= 11 is 0. The van der Waals surface area contributed by atoms with E-state index in [0.29, 0.717) is 6.54 Å². The SMILES string of the molecule is CCn1cnc(S(=O)(=O)NC(CCC(=O)O)C(=O)O)c1. The van der Waals surface area contributed by atoms with Crippen molar-refractivity contribution in [2.75, 3.05) is 0 Å². The fourth-order valence-corrected chi connectivity index (χ4v) is 2.57. The van der Waals surface area contributed by atoms with Gasteiger partial charge in [-0.2, -0.15) is 4.72 Å². The lowest BCUT2D eigenvalue weighted by atomic mass is 10.2. The molecule has 3 N–H and O–H groups in total. The molecule has 0 bridgehead atoms. The summed E-state index contributed by atoms with van der Waals surface area (Å²) in [7, 11) is -4.10. The van der Waals surface area contributed by atoms with E-state index in [2.05, 4.69) is 4.98 Å². The summed E-state index contributed by atoms with van der Waals surface area (Å²) in [6.07, 6.45) is 1.77. The number of sulfonamides is 1. The number of nitrogens with zero attached hydrogens (tertiary/aromatic N) is 2. The van der Waals surface area contributed by atoms with Crippen molar-refractivity contribution < 1.29 is 28.2 Å². The zero-order chi connectivity index (χ0) is 15.3. The molecule has 0 saturated heterocycles. The van der Waals surface area contributed by atoms with Crippen molar-refractivity contribution in [2.45, 2.75) is 37.4 Å². The van der Waals surface area contributed by atoms with E-state index in [4.69, 9.17) is 10.2 Å². The Bertz CT molecular complexity index is 594. The Hall–Kier alpha value is -1.94. The lowest BCUT2D eigenvalue weighted by Crippen LogP contribution is -2.41.